The topological polar surface area (TPSA) is 158 Å². The highest BCUT2D eigenvalue weighted by Crippen LogP contribution is 2.27. The van der Waals surface area contributed by atoms with Crippen LogP contribution in [0.15, 0.2) is 67.0 Å². The molecule has 1 amide bonds. The third-order valence-electron chi connectivity index (χ3n) is 5.25. The standard InChI is InChI=1S/C25H22N6O5/c1-35-24(33)15-10-16(25(34)36-2)12-17(11-15)29-21-20(26)22(28-13-27-21)30-31-23(32)19-9-5-7-14-6-3-4-8-18(14)19/h3-13H,26H2,1-2H3,(H,31,32)(H2,27,28,29,30). The van der Waals surface area contributed by atoms with Crippen LogP contribution >= 0.6 is 0 Å². The van der Waals surface area contributed by atoms with Gasteiger partial charge in [-0.15, -0.1) is 0 Å². The van der Waals surface area contributed by atoms with Gasteiger partial charge in [-0.3, -0.25) is 15.6 Å². The monoisotopic (exact) mass is 486 g/mol. The van der Waals surface area contributed by atoms with Crippen molar-refractivity contribution in [2.45, 2.75) is 0 Å². The van der Waals surface area contributed by atoms with Gasteiger partial charge in [-0.05, 0) is 35.0 Å². The molecule has 0 aliphatic rings. The van der Waals surface area contributed by atoms with Crippen molar-refractivity contribution in [3.8, 4) is 0 Å². The summed E-state index contributed by atoms with van der Waals surface area (Å²) >= 11 is 0. The Morgan fingerprint density at radius 3 is 2.17 bits per heavy atom. The van der Waals surface area contributed by atoms with E-state index < -0.39 is 11.9 Å². The number of carbonyl (C=O) groups excluding carboxylic acids is 3. The Hall–Kier alpha value is -5.19. The lowest BCUT2D eigenvalue weighted by molar-refractivity contribution is 0.0599. The fraction of sp³-hybridized carbons (Fsp3) is 0.0800. The van der Waals surface area contributed by atoms with Gasteiger partial charge in [-0.25, -0.2) is 19.6 Å². The molecule has 0 aliphatic heterocycles. The number of aromatic nitrogens is 2. The van der Waals surface area contributed by atoms with Crippen LogP contribution in [0.3, 0.4) is 0 Å². The summed E-state index contributed by atoms with van der Waals surface area (Å²) in [5, 5.41) is 4.68. The molecule has 0 spiro atoms. The van der Waals surface area contributed by atoms with Crippen molar-refractivity contribution in [1.29, 1.82) is 0 Å². The zero-order valence-corrected chi connectivity index (χ0v) is 19.4. The Bertz CT molecular complexity index is 1430. The average Bonchev–Trinajstić information content (AvgIpc) is 2.91. The first-order chi connectivity index (χ1) is 17.4. The van der Waals surface area contributed by atoms with E-state index in [-0.39, 0.29) is 34.4 Å². The lowest BCUT2D eigenvalue weighted by Crippen LogP contribution is -2.30. The Kier molecular flexibility index (Phi) is 6.91. The third-order valence-corrected chi connectivity index (χ3v) is 5.25. The van der Waals surface area contributed by atoms with Crippen LogP contribution in [0, 0.1) is 0 Å². The highest BCUT2D eigenvalue weighted by Gasteiger charge is 2.16. The second-order valence-electron chi connectivity index (χ2n) is 7.50. The zero-order chi connectivity index (χ0) is 25.7. The normalized spacial score (nSPS) is 10.4. The summed E-state index contributed by atoms with van der Waals surface area (Å²) in [4.78, 5) is 45.1. The number of benzene rings is 3. The number of rotatable bonds is 7. The van der Waals surface area contributed by atoms with Crippen LogP contribution in [-0.4, -0.2) is 42.0 Å². The number of methoxy groups -OCH3 is 2. The highest BCUT2D eigenvalue weighted by molar-refractivity contribution is 6.07. The quantitative estimate of drug-likeness (QED) is 0.226. The summed E-state index contributed by atoms with van der Waals surface area (Å²) in [5.41, 5.74) is 12.6. The molecule has 1 aromatic heterocycles. The van der Waals surface area contributed by atoms with Crippen molar-refractivity contribution in [1.82, 2.24) is 15.4 Å². The molecule has 4 rings (SSSR count). The van der Waals surface area contributed by atoms with E-state index in [9.17, 15) is 14.4 Å². The third kappa shape index (κ3) is 4.99. The summed E-state index contributed by atoms with van der Waals surface area (Å²) in [7, 11) is 2.46. The summed E-state index contributed by atoms with van der Waals surface area (Å²) in [6.07, 6.45) is 1.23. The molecule has 0 saturated heterocycles. The molecule has 0 unspecified atom stereocenters. The van der Waals surface area contributed by atoms with E-state index in [1.807, 2.05) is 30.3 Å². The van der Waals surface area contributed by atoms with Crippen molar-refractivity contribution in [2.24, 2.45) is 0 Å². The first kappa shape index (κ1) is 24.0. The minimum absolute atomic E-state index is 0.0822. The number of nitrogens with zero attached hydrogens (tertiary/aromatic N) is 2. The lowest BCUT2D eigenvalue weighted by Gasteiger charge is -2.14. The van der Waals surface area contributed by atoms with Gasteiger partial charge in [0.05, 0.1) is 25.3 Å². The van der Waals surface area contributed by atoms with Crippen molar-refractivity contribution >= 4 is 51.6 Å². The van der Waals surface area contributed by atoms with Crippen LogP contribution in [0.5, 0.6) is 0 Å². The number of esters is 2. The van der Waals surface area contributed by atoms with Crippen molar-refractivity contribution in [3.05, 3.63) is 83.7 Å². The first-order valence-corrected chi connectivity index (χ1v) is 10.6. The first-order valence-electron chi connectivity index (χ1n) is 10.6. The van der Waals surface area contributed by atoms with E-state index in [0.717, 1.165) is 10.8 Å². The fourth-order valence-corrected chi connectivity index (χ4v) is 3.51. The summed E-state index contributed by atoms with van der Waals surface area (Å²) in [5.74, 6) is -1.35. The highest BCUT2D eigenvalue weighted by atomic mass is 16.5. The minimum Gasteiger partial charge on any atom is -0.465 e. The summed E-state index contributed by atoms with van der Waals surface area (Å²) in [6, 6.07) is 17.2. The van der Waals surface area contributed by atoms with Gasteiger partial charge in [0.1, 0.15) is 12.0 Å². The molecule has 0 saturated carbocycles. The molecule has 11 nitrogen and oxygen atoms in total. The van der Waals surface area contributed by atoms with E-state index in [0.29, 0.717) is 11.3 Å². The van der Waals surface area contributed by atoms with Crippen LogP contribution in [-0.2, 0) is 9.47 Å². The van der Waals surface area contributed by atoms with Crippen LogP contribution in [0.2, 0.25) is 0 Å². The van der Waals surface area contributed by atoms with Gasteiger partial charge in [0.25, 0.3) is 5.91 Å². The molecule has 4 aromatic rings. The second-order valence-corrected chi connectivity index (χ2v) is 7.50. The number of anilines is 4. The molecule has 0 bridgehead atoms. The van der Waals surface area contributed by atoms with E-state index in [4.69, 9.17) is 15.2 Å². The number of nitrogen functional groups attached to an aromatic ring is 1. The van der Waals surface area contributed by atoms with Crippen molar-refractivity contribution in [3.63, 3.8) is 0 Å². The molecular weight excluding hydrogens is 464 g/mol. The summed E-state index contributed by atoms with van der Waals surface area (Å²) < 4.78 is 9.50. The molecule has 0 radical (unpaired) electrons. The number of amides is 1. The number of fused-ring (bicyclic) bond motifs is 1. The van der Waals surface area contributed by atoms with Crippen molar-refractivity contribution < 1.29 is 23.9 Å². The van der Waals surface area contributed by atoms with E-state index in [1.54, 1.807) is 12.1 Å². The van der Waals surface area contributed by atoms with Gasteiger partial charge in [0.2, 0.25) is 0 Å². The number of nitrogens with two attached hydrogens (primary N) is 1. The minimum atomic E-state index is -0.641. The Balaban J connectivity index is 1.56. The van der Waals surface area contributed by atoms with Crippen LogP contribution in [0.4, 0.5) is 23.0 Å². The van der Waals surface area contributed by atoms with Crippen LogP contribution < -0.4 is 21.9 Å². The lowest BCUT2D eigenvalue weighted by atomic mass is 10.0. The van der Waals surface area contributed by atoms with Gasteiger partial charge in [0.15, 0.2) is 11.6 Å². The SMILES string of the molecule is COC(=O)c1cc(Nc2ncnc(NNC(=O)c3cccc4ccccc34)c2N)cc(C(=O)OC)c1. The maximum absolute atomic E-state index is 12.8. The van der Waals surface area contributed by atoms with Gasteiger partial charge in [0, 0.05) is 11.3 Å². The maximum atomic E-state index is 12.8. The number of hydrazine groups is 1. The molecule has 0 fully saturated rings. The van der Waals surface area contributed by atoms with E-state index in [2.05, 4.69) is 26.1 Å². The molecule has 5 N–H and O–H groups in total. The zero-order valence-electron chi connectivity index (χ0n) is 19.4. The largest absolute Gasteiger partial charge is 0.465 e. The predicted octanol–water partition coefficient (Wildman–Crippen LogP) is 3.29. The average molecular weight is 486 g/mol. The predicted molar refractivity (Wildman–Crippen MR) is 134 cm³/mol. The van der Waals surface area contributed by atoms with Gasteiger partial charge >= 0.3 is 11.9 Å². The van der Waals surface area contributed by atoms with E-state index in [1.165, 1.54) is 38.7 Å². The molecular formula is C25H22N6O5. The number of hydrogen-bond acceptors (Lipinski definition) is 10. The molecule has 182 valence electrons. The smallest absolute Gasteiger partial charge is 0.337 e. The van der Waals surface area contributed by atoms with Gasteiger partial charge in [-0.1, -0.05) is 36.4 Å². The van der Waals surface area contributed by atoms with Gasteiger partial charge < -0.3 is 20.5 Å². The molecule has 3 aromatic carbocycles. The van der Waals surface area contributed by atoms with E-state index >= 15 is 0 Å². The number of carbonyl (C=O) groups is 3. The van der Waals surface area contributed by atoms with Gasteiger partial charge in [-0.2, -0.15) is 0 Å². The molecule has 36 heavy (non-hydrogen) atoms. The van der Waals surface area contributed by atoms with Crippen molar-refractivity contribution in [2.75, 3.05) is 30.7 Å². The number of hydrogen-bond donors (Lipinski definition) is 4. The Labute approximate surface area is 205 Å². The van der Waals surface area contributed by atoms with Crippen LogP contribution in [0.25, 0.3) is 10.8 Å². The molecule has 0 aliphatic carbocycles. The Morgan fingerprint density at radius 1 is 0.833 bits per heavy atom. The second kappa shape index (κ2) is 10.4. The number of nitrogens with one attached hydrogen (secondary N) is 3. The molecule has 1 heterocycles. The molecule has 0 atom stereocenters. The Morgan fingerprint density at radius 2 is 1.47 bits per heavy atom. The fourth-order valence-electron chi connectivity index (χ4n) is 3.51. The maximum Gasteiger partial charge on any atom is 0.337 e. The number of ether oxygens (including phenoxy) is 2. The molecule has 11 heteroatoms. The van der Waals surface area contributed by atoms with Crippen LogP contribution in [0.1, 0.15) is 31.1 Å². The summed E-state index contributed by atoms with van der Waals surface area (Å²) in [6.45, 7) is 0.